The Bertz CT molecular complexity index is 659. The molecular weight excluding hydrogens is 282 g/mol. The SMILES string of the molecule is CCCCCOc1cccc(-c2cc(C(=O)O)nc(N)n2)c1. The number of benzene rings is 1. The number of hydrogen-bond acceptors (Lipinski definition) is 5. The third-order valence-electron chi connectivity index (χ3n) is 3.11. The summed E-state index contributed by atoms with van der Waals surface area (Å²) in [5.74, 6) is -0.478. The first-order valence-corrected chi connectivity index (χ1v) is 7.21. The number of nitrogens with two attached hydrogens (primary N) is 1. The summed E-state index contributed by atoms with van der Waals surface area (Å²) < 4.78 is 5.69. The monoisotopic (exact) mass is 301 g/mol. The van der Waals surface area contributed by atoms with Gasteiger partial charge in [0.15, 0.2) is 5.69 Å². The number of carboxylic acids is 1. The van der Waals surface area contributed by atoms with E-state index >= 15 is 0 Å². The van der Waals surface area contributed by atoms with E-state index in [1.54, 1.807) is 0 Å². The Balaban J connectivity index is 2.20. The number of aromatic nitrogens is 2. The van der Waals surface area contributed by atoms with Crippen LogP contribution in [-0.2, 0) is 0 Å². The van der Waals surface area contributed by atoms with Gasteiger partial charge in [-0.2, -0.15) is 0 Å². The molecule has 116 valence electrons. The maximum atomic E-state index is 11.0. The summed E-state index contributed by atoms with van der Waals surface area (Å²) in [6.45, 7) is 2.80. The van der Waals surface area contributed by atoms with Crippen LogP contribution < -0.4 is 10.5 Å². The summed E-state index contributed by atoms with van der Waals surface area (Å²) in [5, 5.41) is 9.03. The zero-order valence-electron chi connectivity index (χ0n) is 12.5. The molecule has 0 fully saturated rings. The Kier molecular flexibility index (Phi) is 5.30. The van der Waals surface area contributed by atoms with Gasteiger partial charge in [-0.15, -0.1) is 0 Å². The smallest absolute Gasteiger partial charge is 0.354 e. The predicted molar refractivity (Wildman–Crippen MR) is 83.9 cm³/mol. The molecule has 0 spiro atoms. The minimum atomic E-state index is -1.14. The Morgan fingerprint density at radius 2 is 2.09 bits per heavy atom. The normalized spacial score (nSPS) is 10.4. The van der Waals surface area contributed by atoms with Crippen LogP contribution >= 0.6 is 0 Å². The second-order valence-electron chi connectivity index (χ2n) is 4.89. The van der Waals surface area contributed by atoms with Crippen molar-refractivity contribution in [3.05, 3.63) is 36.0 Å². The van der Waals surface area contributed by atoms with E-state index in [2.05, 4.69) is 16.9 Å². The number of rotatable bonds is 7. The van der Waals surface area contributed by atoms with E-state index in [0.717, 1.165) is 30.6 Å². The molecule has 2 rings (SSSR count). The van der Waals surface area contributed by atoms with Crippen LogP contribution in [0.25, 0.3) is 11.3 Å². The molecule has 1 aromatic heterocycles. The number of unbranched alkanes of at least 4 members (excludes halogenated alkanes) is 2. The molecule has 0 aliphatic carbocycles. The van der Waals surface area contributed by atoms with Crippen LogP contribution in [0.4, 0.5) is 5.95 Å². The van der Waals surface area contributed by atoms with Gasteiger partial charge in [-0.05, 0) is 24.6 Å². The summed E-state index contributed by atoms with van der Waals surface area (Å²) >= 11 is 0. The first-order chi connectivity index (χ1) is 10.6. The number of carbonyl (C=O) groups is 1. The van der Waals surface area contributed by atoms with Crippen molar-refractivity contribution in [2.75, 3.05) is 12.3 Å². The highest BCUT2D eigenvalue weighted by molar-refractivity contribution is 5.87. The van der Waals surface area contributed by atoms with Crippen LogP contribution in [0.15, 0.2) is 30.3 Å². The van der Waals surface area contributed by atoms with Crippen molar-refractivity contribution in [2.45, 2.75) is 26.2 Å². The van der Waals surface area contributed by atoms with E-state index in [1.807, 2.05) is 24.3 Å². The number of aromatic carboxylic acids is 1. The predicted octanol–water partition coefficient (Wildman–Crippen LogP) is 2.99. The maximum absolute atomic E-state index is 11.0. The lowest BCUT2D eigenvalue weighted by molar-refractivity contribution is 0.0690. The minimum Gasteiger partial charge on any atom is -0.494 e. The maximum Gasteiger partial charge on any atom is 0.354 e. The van der Waals surface area contributed by atoms with Crippen molar-refractivity contribution in [1.82, 2.24) is 9.97 Å². The Morgan fingerprint density at radius 3 is 2.82 bits per heavy atom. The molecule has 0 unspecified atom stereocenters. The molecule has 1 heterocycles. The van der Waals surface area contributed by atoms with Gasteiger partial charge in [-0.25, -0.2) is 14.8 Å². The summed E-state index contributed by atoms with van der Waals surface area (Å²) in [6.07, 6.45) is 3.27. The topological polar surface area (TPSA) is 98.3 Å². The first kappa shape index (κ1) is 15.8. The molecular formula is C16H19N3O3. The van der Waals surface area contributed by atoms with Gasteiger partial charge in [-0.1, -0.05) is 31.9 Å². The van der Waals surface area contributed by atoms with Crippen molar-refractivity contribution in [3.8, 4) is 17.0 Å². The second kappa shape index (κ2) is 7.40. The fourth-order valence-corrected chi connectivity index (χ4v) is 2.01. The largest absolute Gasteiger partial charge is 0.494 e. The van der Waals surface area contributed by atoms with Crippen molar-refractivity contribution in [3.63, 3.8) is 0 Å². The lowest BCUT2D eigenvalue weighted by Gasteiger charge is -2.08. The van der Waals surface area contributed by atoms with Crippen LogP contribution in [-0.4, -0.2) is 27.7 Å². The van der Waals surface area contributed by atoms with Gasteiger partial charge in [0.05, 0.1) is 12.3 Å². The third kappa shape index (κ3) is 4.18. The zero-order valence-corrected chi connectivity index (χ0v) is 12.5. The summed E-state index contributed by atoms with van der Waals surface area (Å²) in [6, 6.07) is 8.74. The van der Waals surface area contributed by atoms with E-state index in [9.17, 15) is 4.79 Å². The van der Waals surface area contributed by atoms with Gasteiger partial charge >= 0.3 is 5.97 Å². The Labute approximate surface area is 129 Å². The van der Waals surface area contributed by atoms with Gasteiger partial charge in [-0.3, -0.25) is 0 Å². The molecule has 0 atom stereocenters. The number of ether oxygens (including phenoxy) is 1. The van der Waals surface area contributed by atoms with Gasteiger partial charge in [0, 0.05) is 5.56 Å². The van der Waals surface area contributed by atoms with Gasteiger partial charge < -0.3 is 15.6 Å². The van der Waals surface area contributed by atoms with Gasteiger partial charge in [0.25, 0.3) is 0 Å². The summed E-state index contributed by atoms with van der Waals surface area (Å²) in [5.41, 5.74) is 6.64. The first-order valence-electron chi connectivity index (χ1n) is 7.21. The average molecular weight is 301 g/mol. The lowest BCUT2D eigenvalue weighted by atomic mass is 10.1. The fourth-order valence-electron chi connectivity index (χ4n) is 2.01. The highest BCUT2D eigenvalue weighted by atomic mass is 16.5. The van der Waals surface area contributed by atoms with E-state index in [1.165, 1.54) is 6.07 Å². The van der Waals surface area contributed by atoms with Crippen molar-refractivity contribution in [2.24, 2.45) is 0 Å². The van der Waals surface area contributed by atoms with E-state index in [-0.39, 0.29) is 11.6 Å². The molecule has 0 aliphatic heterocycles. The zero-order chi connectivity index (χ0) is 15.9. The number of nitrogens with zero attached hydrogens (tertiary/aromatic N) is 2. The molecule has 22 heavy (non-hydrogen) atoms. The van der Waals surface area contributed by atoms with Crippen LogP contribution in [0, 0.1) is 0 Å². The highest BCUT2D eigenvalue weighted by Gasteiger charge is 2.10. The summed E-state index contributed by atoms with van der Waals surface area (Å²) in [7, 11) is 0. The molecule has 0 aliphatic rings. The molecule has 6 heteroatoms. The van der Waals surface area contributed by atoms with Gasteiger partial charge in [0.1, 0.15) is 5.75 Å². The standard InChI is InChI=1S/C16H19N3O3/c1-2-3-4-8-22-12-7-5-6-11(9-12)13-10-14(15(20)21)19-16(17)18-13/h5-7,9-10H,2-4,8H2,1H3,(H,20,21)(H2,17,18,19). The lowest BCUT2D eigenvalue weighted by Crippen LogP contribution is -2.06. The van der Waals surface area contributed by atoms with Crippen LogP contribution in [0.5, 0.6) is 5.75 Å². The molecule has 0 saturated heterocycles. The van der Waals surface area contributed by atoms with Crippen molar-refractivity contribution in [1.29, 1.82) is 0 Å². The molecule has 0 saturated carbocycles. The summed E-state index contributed by atoms with van der Waals surface area (Å²) in [4.78, 5) is 18.8. The Hall–Kier alpha value is -2.63. The molecule has 0 bridgehead atoms. The van der Waals surface area contributed by atoms with E-state index in [4.69, 9.17) is 15.6 Å². The van der Waals surface area contributed by atoms with E-state index < -0.39 is 5.97 Å². The van der Waals surface area contributed by atoms with E-state index in [0.29, 0.717) is 12.3 Å². The molecule has 0 amide bonds. The van der Waals surface area contributed by atoms with Crippen LogP contribution in [0.1, 0.15) is 36.7 Å². The molecule has 3 N–H and O–H groups in total. The molecule has 2 aromatic rings. The number of hydrogen-bond donors (Lipinski definition) is 2. The van der Waals surface area contributed by atoms with Crippen molar-refractivity contribution >= 4 is 11.9 Å². The molecule has 0 radical (unpaired) electrons. The second-order valence-corrected chi connectivity index (χ2v) is 4.89. The average Bonchev–Trinajstić information content (AvgIpc) is 2.51. The minimum absolute atomic E-state index is 0.0656. The molecule has 1 aromatic carbocycles. The fraction of sp³-hybridized carbons (Fsp3) is 0.312. The molecule has 6 nitrogen and oxygen atoms in total. The van der Waals surface area contributed by atoms with Crippen LogP contribution in [0.2, 0.25) is 0 Å². The van der Waals surface area contributed by atoms with Crippen LogP contribution in [0.3, 0.4) is 0 Å². The van der Waals surface area contributed by atoms with Gasteiger partial charge in [0.2, 0.25) is 5.95 Å². The Morgan fingerprint density at radius 1 is 1.27 bits per heavy atom. The van der Waals surface area contributed by atoms with Crippen molar-refractivity contribution < 1.29 is 14.6 Å². The highest BCUT2D eigenvalue weighted by Crippen LogP contribution is 2.23. The third-order valence-corrected chi connectivity index (χ3v) is 3.11. The quantitative estimate of drug-likeness (QED) is 0.763. The number of carboxylic acid groups (broad SMARTS) is 1. The number of nitrogen functional groups attached to an aromatic ring is 1. The number of anilines is 1.